The molecule has 0 aromatic heterocycles. The number of hydrogen-bond donors (Lipinski definition) is 0. The normalized spacial score (nSPS) is 14.9. The Morgan fingerprint density at radius 2 is 1.60 bits per heavy atom. The van der Waals surface area contributed by atoms with E-state index in [9.17, 15) is 4.79 Å². The topological polar surface area (TPSA) is 66.4 Å². The number of carbonyl (C=O) groups excluding carboxylic acids is 1. The largest absolute Gasteiger partial charge is 0.493 e. The third kappa shape index (κ3) is 3.33. The molecular formula is C19H17NO5. The summed E-state index contributed by atoms with van der Waals surface area (Å²) in [5.41, 5.74) is 1.65. The fraction of sp³-hybridized carbons (Fsp3) is 0.158. The molecule has 1 aliphatic rings. The van der Waals surface area contributed by atoms with Crippen molar-refractivity contribution < 1.29 is 23.7 Å². The first-order chi connectivity index (χ1) is 12.2. The minimum Gasteiger partial charge on any atom is -0.493 e. The van der Waals surface area contributed by atoms with Crippen molar-refractivity contribution in [2.75, 3.05) is 21.3 Å². The molecule has 1 heterocycles. The van der Waals surface area contributed by atoms with Gasteiger partial charge < -0.3 is 18.9 Å². The van der Waals surface area contributed by atoms with E-state index in [4.69, 9.17) is 18.9 Å². The van der Waals surface area contributed by atoms with Crippen LogP contribution in [0.15, 0.2) is 53.2 Å². The highest BCUT2D eigenvalue weighted by atomic mass is 16.6. The van der Waals surface area contributed by atoms with Crippen molar-refractivity contribution in [3.63, 3.8) is 0 Å². The molecular weight excluding hydrogens is 322 g/mol. The summed E-state index contributed by atoms with van der Waals surface area (Å²) in [6.07, 6.45) is 1.67. The maximum atomic E-state index is 12.1. The number of aliphatic imine (C=N–C) groups is 1. The monoisotopic (exact) mass is 339 g/mol. The molecule has 0 unspecified atom stereocenters. The third-order valence-corrected chi connectivity index (χ3v) is 3.64. The zero-order valence-electron chi connectivity index (χ0n) is 14.1. The average Bonchev–Trinajstić information content (AvgIpc) is 3.01. The predicted octanol–water partition coefficient (Wildman–Crippen LogP) is 3.06. The van der Waals surface area contributed by atoms with Crippen LogP contribution in [0.25, 0.3) is 6.08 Å². The molecule has 0 aliphatic carbocycles. The van der Waals surface area contributed by atoms with Crippen LogP contribution < -0.4 is 14.2 Å². The lowest BCUT2D eigenvalue weighted by Crippen LogP contribution is -2.06. The highest BCUT2D eigenvalue weighted by Crippen LogP contribution is 2.39. The molecule has 0 amide bonds. The van der Waals surface area contributed by atoms with Gasteiger partial charge in [0.15, 0.2) is 17.2 Å². The smallest absolute Gasteiger partial charge is 0.363 e. The van der Waals surface area contributed by atoms with E-state index in [1.54, 1.807) is 18.2 Å². The minimum absolute atomic E-state index is 0.187. The number of cyclic esters (lactones) is 1. The summed E-state index contributed by atoms with van der Waals surface area (Å²) in [6.45, 7) is 0. The van der Waals surface area contributed by atoms with E-state index in [2.05, 4.69) is 4.99 Å². The lowest BCUT2D eigenvalue weighted by Gasteiger charge is -2.13. The number of hydrogen-bond acceptors (Lipinski definition) is 6. The van der Waals surface area contributed by atoms with Crippen molar-refractivity contribution in [2.45, 2.75) is 0 Å². The molecule has 1 aliphatic heterocycles. The molecule has 25 heavy (non-hydrogen) atoms. The highest BCUT2D eigenvalue weighted by molar-refractivity contribution is 6.13. The van der Waals surface area contributed by atoms with E-state index < -0.39 is 5.97 Å². The first kappa shape index (κ1) is 16.6. The summed E-state index contributed by atoms with van der Waals surface area (Å²) in [6, 6.07) is 12.8. The Balaban J connectivity index is 2.01. The fourth-order valence-electron chi connectivity index (χ4n) is 2.44. The summed E-state index contributed by atoms with van der Waals surface area (Å²) >= 11 is 0. The van der Waals surface area contributed by atoms with Gasteiger partial charge in [0.25, 0.3) is 0 Å². The van der Waals surface area contributed by atoms with Crippen molar-refractivity contribution in [1.82, 2.24) is 0 Å². The summed E-state index contributed by atoms with van der Waals surface area (Å²) in [5, 5.41) is 0. The molecule has 6 nitrogen and oxygen atoms in total. The zero-order chi connectivity index (χ0) is 17.8. The third-order valence-electron chi connectivity index (χ3n) is 3.64. The van der Waals surface area contributed by atoms with Crippen molar-refractivity contribution in [3.8, 4) is 17.2 Å². The fourth-order valence-corrected chi connectivity index (χ4v) is 2.44. The summed E-state index contributed by atoms with van der Waals surface area (Å²) in [4.78, 5) is 16.4. The highest BCUT2D eigenvalue weighted by Gasteiger charge is 2.26. The second-order valence-electron chi connectivity index (χ2n) is 5.16. The first-order valence-electron chi connectivity index (χ1n) is 7.54. The van der Waals surface area contributed by atoms with Crippen LogP contribution >= 0.6 is 0 Å². The van der Waals surface area contributed by atoms with Gasteiger partial charge in [-0.3, -0.25) is 0 Å². The van der Waals surface area contributed by atoms with Gasteiger partial charge in [-0.15, -0.1) is 0 Å². The van der Waals surface area contributed by atoms with Gasteiger partial charge in [0.05, 0.1) is 21.3 Å². The predicted molar refractivity (Wildman–Crippen MR) is 93.1 cm³/mol. The van der Waals surface area contributed by atoms with E-state index in [-0.39, 0.29) is 11.6 Å². The molecule has 128 valence electrons. The van der Waals surface area contributed by atoms with E-state index in [0.29, 0.717) is 22.8 Å². The molecule has 0 saturated carbocycles. The van der Waals surface area contributed by atoms with Gasteiger partial charge in [0, 0.05) is 5.56 Å². The van der Waals surface area contributed by atoms with Crippen molar-refractivity contribution >= 4 is 17.9 Å². The first-order valence-corrected chi connectivity index (χ1v) is 7.54. The lowest BCUT2D eigenvalue weighted by molar-refractivity contribution is -0.129. The SMILES string of the molecule is COc1cc(C2=NC(=Cc3ccccc3)C(=O)O2)cc(OC)c1OC. The van der Waals surface area contributed by atoms with Crippen LogP contribution in [0.3, 0.4) is 0 Å². The van der Waals surface area contributed by atoms with Gasteiger partial charge in [-0.25, -0.2) is 9.79 Å². The maximum Gasteiger partial charge on any atom is 0.363 e. The van der Waals surface area contributed by atoms with E-state index in [0.717, 1.165) is 5.56 Å². The zero-order valence-corrected chi connectivity index (χ0v) is 14.1. The Bertz CT molecular complexity index is 830. The molecule has 2 aromatic rings. The standard InChI is InChI=1S/C19H17NO5/c1-22-15-10-13(11-16(23-2)17(15)24-3)18-20-14(19(21)25-18)9-12-7-5-4-6-8-12/h4-11H,1-3H3. The second-order valence-corrected chi connectivity index (χ2v) is 5.16. The van der Waals surface area contributed by atoms with Crippen molar-refractivity contribution in [1.29, 1.82) is 0 Å². The van der Waals surface area contributed by atoms with E-state index in [1.807, 2.05) is 30.3 Å². The number of nitrogens with zero attached hydrogens (tertiary/aromatic N) is 1. The maximum absolute atomic E-state index is 12.1. The second kappa shape index (κ2) is 7.09. The molecule has 3 rings (SSSR count). The van der Waals surface area contributed by atoms with Gasteiger partial charge in [-0.2, -0.15) is 0 Å². The molecule has 0 atom stereocenters. The summed E-state index contributed by atoms with van der Waals surface area (Å²) in [7, 11) is 4.56. The van der Waals surface area contributed by atoms with Crippen LogP contribution in [0.1, 0.15) is 11.1 Å². The molecule has 0 bridgehead atoms. The van der Waals surface area contributed by atoms with Crippen LogP contribution in [0.4, 0.5) is 0 Å². The number of carbonyl (C=O) groups is 1. The molecule has 0 saturated heterocycles. The van der Waals surface area contributed by atoms with E-state index in [1.165, 1.54) is 21.3 Å². The Labute approximate surface area is 145 Å². The molecule has 0 fully saturated rings. The Morgan fingerprint density at radius 1 is 0.960 bits per heavy atom. The molecule has 0 spiro atoms. The van der Waals surface area contributed by atoms with Crippen LogP contribution in [0, 0.1) is 0 Å². The van der Waals surface area contributed by atoms with Crippen molar-refractivity contribution in [2.24, 2.45) is 4.99 Å². The van der Waals surface area contributed by atoms with Gasteiger partial charge in [-0.1, -0.05) is 30.3 Å². The van der Waals surface area contributed by atoms with E-state index >= 15 is 0 Å². The Morgan fingerprint density at radius 3 is 2.16 bits per heavy atom. The number of esters is 1. The van der Waals surface area contributed by atoms with Crippen LogP contribution in [-0.4, -0.2) is 33.2 Å². The Kier molecular flexibility index (Phi) is 4.70. The van der Waals surface area contributed by atoms with Crippen LogP contribution in [-0.2, 0) is 9.53 Å². The van der Waals surface area contributed by atoms with Crippen LogP contribution in [0.5, 0.6) is 17.2 Å². The Hall–Kier alpha value is -3.28. The number of ether oxygens (including phenoxy) is 4. The summed E-state index contributed by atoms with van der Waals surface area (Å²) < 4.78 is 21.2. The minimum atomic E-state index is -0.507. The average molecular weight is 339 g/mol. The molecule has 6 heteroatoms. The van der Waals surface area contributed by atoms with Crippen molar-refractivity contribution in [3.05, 3.63) is 59.3 Å². The molecule has 0 N–H and O–H groups in total. The molecule has 0 radical (unpaired) electrons. The van der Waals surface area contributed by atoms with Gasteiger partial charge in [0.2, 0.25) is 11.6 Å². The van der Waals surface area contributed by atoms with Gasteiger partial charge >= 0.3 is 5.97 Å². The number of benzene rings is 2. The van der Waals surface area contributed by atoms with Gasteiger partial charge in [-0.05, 0) is 23.8 Å². The lowest BCUT2D eigenvalue weighted by atomic mass is 10.1. The molecule has 2 aromatic carbocycles. The van der Waals surface area contributed by atoms with Crippen LogP contribution in [0.2, 0.25) is 0 Å². The number of rotatable bonds is 5. The summed E-state index contributed by atoms with van der Waals surface area (Å²) in [5.74, 6) is 1.05. The quantitative estimate of drug-likeness (QED) is 0.619. The number of methoxy groups -OCH3 is 3. The van der Waals surface area contributed by atoms with Gasteiger partial charge in [0.1, 0.15) is 0 Å².